The van der Waals surface area contributed by atoms with Gasteiger partial charge in [-0.05, 0) is 19.8 Å². The summed E-state index contributed by atoms with van der Waals surface area (Å²) in [6, 6.07) is 0. The summed E-state index contributed by atoms with van der Waals surface area (Å²) < 4.78 is 5.28. The van der Waals surface area contributed by atoms with Gasteiger partial charge in [0, 0.05) is 0 Å². The highest BCUT2D eigenvalue weighted by molar-refractivity contribution is 4.80. The molecule has 0 N–H and O–H groups in total. The topological polar surface area (TPSA) is 9.23 Å². The first-order chi connectivity index (χ1) is 5.41. The average Bonchev–Trinajstić information content (AvgIpc) is 2.03. The predicted molar refractivity (Wildman–Crippen MR) is 49.7 cm³/mol. The average molecular weight is 154 g/mol. The van der Waals surface area contributed by atoms with Crippen LogP contribution in [0.15, 0.2) is 24.3 Å². The van der Waals surface area contributed by atoms with E-state index in [0.29, 0.717) is 0 Å². The fourth-order valence-corrected chi connectivity index (χ4v) is 0.683. The number of ether oxygens (including phenoxy) is 1. The normalized spacial score (nSPS) is 11.8. The molecule has 0 aromatic heterocycles. The number of rotatable bonds is 6. The van der Waals surface area contributed by atoms with E-state index in [1.54, 1.807) is 0 Å². The maximum absolute atomic E-state index is 5.28. The molecule has 0 aliphatic heterocycles. The largest absolute Gasteiger partial charge is 0.377 e. The van der Waals surface area contributed by atoms with Gasteiger partial charge in [0.25, 0.3) is 0 Å². The zero-order valence-corrected chi connectivity index (χ0v) is 7.55. The SMILES string of the molecule is C/C=C/COCCC=CCC. The van der Waals surface area contributed by atoms with Gasteiger partial charge < -0.3 is 4.74 Å². The van der Waals surface area contributed by atoms with Crippen LogP contribution in [0.5, 0.6) is 0 Å². The van der Waals surface area contributed by atoms with Gasteiger partial charge in [-0.2, -0.15) is 0 Å². The summed E-state index contributed by atoms with van der Waals surface area (Å²) in [7, 11) is 0. The molecule has 0 saturated heterocycles. The van der Waals surface area contributed by atoms with Gasteiger partial charge in [0.15, 0.2) is 0 Å². The fourth-order valence-electron chi connectivity index (χ4n) is 0.683. The molecule has 0 bridgehead atoms. The molecule has 0 aliphatic carbocycles. The lowest BCUT2D eigenvalue weighted by atomic mass is 10.3. The molecule has 0 aromatic rings. The molecule has 0 amide bonds. The second-order valence-electron chi connectivity index (χ2n) is 2.31. The van der Waals surface area contributed by atoms with E-state index in [1.807, 2.05) is 19.1 Å². The molecule has 1 nitrogen and oxygen atoms in total. The molecule has 64 valence electrons. The van der Waals surface area contributed by atoms with E-state index in [0.717, 1.165) is 26.1 Å². The Kier molecular flexibility index (Phi) is 8.96. The molecule has 11 heavy (non-hydrogen) atoms. The quantitative estimate of drug-likeness (QED) is 0.422. The summed E-state index contributed by atoms with van der Waals surface area (Å²) in [5.41, 5.74) is 0. The van der Waals surface area contributed by atoms with E-state index in [2.05, 4.69) is 19.1 Å². The van der Waals surface area contributed by atoms with Crippen LogP contribution in [0.4, 0.5) is 0 Å². The Hall–Kier alpha value is -0.560. The second kappa shape index (κ2) is 9.44. The molecule has 0 radical (unpaired) electrons. The van der Waals surface area contributed by atoms with Gasteiger partial charge in [0.05, 0.1) is 13.2 Å². The lowest BCUT2D eigenvalue weighted by Gasteiger charge is -1.95. The van der Waals surface area contributed by atoms with Crippen molar-refractivity contribution in [2.24, 2.45) is 0 Å². The van der Waals surface area contributed by atoms with E-state index in [-0.39, 0.29) is 0 Å². The van der Waals surface area contributed by atoms with Crippen molar-refractivity contribution < 1.29 is 4.74 Å². The van der Waals surface area contributed by atoms with Gasteiger partial charge in [-0.25, -0.2) is 0 Å². The van der Waals surface area contributed by atoms with Crippen molar-refractivity contribution in [3.63, 3.8) is 0 Å². The monoisotopic (exact) mass is 154 g/mol. The Balaban J connectivity index is 2.96. The van der Waals surface area contributed by atoms with Crippen LogP contribution >= 0.6 is 0 Å². The molecule has 0 spiro atoms. The zero-order valence-electron chi connectivity index (χ0n) is 7.55. The van der Waals surface area contributed by atoms with Gasteiger partial charge >= 0.3 is 0 Å². The van der Waals surface area contributed by atoms with Crippen molar-refractivity contribution in [3.8, 4) is 0 Å². The maximum atomic E-state index is 5.28. The third-order valence-corrected chi connectivity index (χ3v) is 1.28. The minimum atomic E-state index is 0.746. The lowest BCUT2D eigenvalue weighted by molar-refractivity contribution is 0.167. The lowest BCUT2D eigenvalue weighted by Crippen LogP contribution is -1.91. The first-order valence-corrected chi connectivity index (χ1v) is 4.25. The number of hydrogen-bond acceptors (Lipinski definition) is 1. The minimum Gasteiger partial charge on any atom is -0.377 e. The Bertz CT molecular complexity index is 114. The highest BCUT2D eigenvalue weighted by Gasteiger charge is 1.79. The smallest absolute Gasteiger partial charge is 0.0647 e. The Morgan fingerprint density at radius 2 is 2.00 bits per heavy atom. The van der Waals surface area contributed by atoms with Gasteiger partial charge in [-0.15, -0.1) is 0 Å². The van der Waals surface area contributed by atoms with E-state index in [1.165, 1.54) is 0 Å². The van der Waals surface area contributed by atoms with Crippen LogP contribution in [0.3, 0.4) is 0 Å². The van der Waals surface area contributed by atoms with Gasteiger partial charge in [-0.1, -0.05) is 31.2 Å². The summed E-state index contributed by atoms with van der Waals surface area (Å²) in [5.74, 6) is 0. The summed E-state index contributed by atoms with van der Waals surface area (Å²) in [5, 5.41) is 0. The van der Waals surface area contributed by atoms with Crippen LogP contribution in [0.2, 0.25) is 0 Å². The van der Waals surface area contributed by atoms with E-state index in [9.17, 15) is 0 Å². The highest BCUT2D eigenvalue weighted by Crippen LogP contribution is 1.87. The standard InChI is InChI=1S/C10H18O/c1-3-5-7-8-10-11-9-6-4-2/h4-7H,3,8-10H2,1-2H3/b6-4+,7-5?. The third kappa shape index (κ3) is 9.44. The summed E-state index contributed by atoms with van der Waals surface area (Å²) in [6.07, 6.45) is 10.5. The van der Waals surface area contributed by atoms with Crippen LogP contribution in [0, 0.1) is 0 Å². The Morgan fingerprint density at radius 1 is 1.18 bits per heavy atom. The molecule has 0 heterocycles. The molecule has 0 aliphatic rings. The molecule has 0 rings (SSSR count). The van der Waals surface area contributed by atoms with Crippen molar-refractivity contribution in [1.82, 2.24) is 0 Å². The number of allylic oxidation sites excluding steroid dienone is 2. The summed E-state index contributed by atoms with van der Waals surface area (Å²) in [6.45, 7) is 5.72. The molecule has 0 aromatic carbocycles. The van der Waals surface area contributed by atoms with Crippen LogP contribution in [0.1, 0.15) is 26.7 Å². The molecular formula is C10H18O. The van der Waals surface area contributed by atoms with Crippen molar-refractivity contribution in [2.75, 3.05) is 13.2 Å². The molecular weight excluding hydrogens is 136 g/mol. The first kappa shape index (κ1) is 10.4. The second-order valence-corrected chi connectivity index (χ2v) is 2.31. The van der Waals surface area contributed by atoms with Crippen LogP contribution in [-0.2, 0) is 4.74 Å². The molecule has 0 atom stereocenters. The predicted octanol–water partition coefficient (Wildman–Crippen LogP) is 2.94. The third-order valence-electron chi connectivity index (χ3n) is 1.28. The minimum absolute atomic E-state index is 0.746. The summed E-state index contributed by atoms with van der Waals surface area (Å²) >= 11 is 0. The van der Waals surface area contributed by atoms with E-state index >= 15 is 0 Å². The Labute approximate surface area is 69.8 Å². The Morgan fingerprint density at radius 3 is 2.64 bits per heavy atom. The first-order valence-electron chi connectivity index (χ1n) is 4.25. The molecule has 0 saturated carbocycles. The highest BCUT2D eigenvalue weighted by atomic mass is 16.5. The van der Waals surface area contributed by atoms with Crippen molar-refractivity contribution in [3.05, 3.63) is 24.3 Å². The van der Waals surface area contributed by atoms with Gasteiger partial charge in [-0.3, -0.25) is 0 Å². The number of hydrogen-bond donors (Lipinski definition) is 0. The maximum Gasteiger partial charge on any atom is 0.0647 e. The van der Waals surface area contributed by atoms with Crippen molar-refractivity contribution >= 4 is 0 Å². The van der Waals surface area contributed by atoms with E-state index < -0.39 is 0 Å². The molecule has 1 heteroatoms. The van der Waals surface area contributed by atoms with Gasteiger partial charge in [0.1, 0.15) is 0 Å². The van der Waals surface area contributed by atoms with Crippen LogP contribution < -0.4 is 0 Å². The van der Waals surface area contributed by atoms with Gasteiger partial charge in [0.2, 0.25) is 0 Å². The van der Waals surface area contributed by atoms with E-state index in [4.69, 9.17) is 4.74 Å². The zero-order chi connectivity index (χ0) is 8.36. The van der Waals surface area contributed by atoms with Crippen molar-refractivity contribution in [1.29, 1.82) is 0 Å². The molecule has 0 unspecified atom stereocenters. The molecule has 0 fully saturated rings. The van der Waals surface area contributed by atoms with Crippen LogP contribution in [0.25, 0.3) is 0 Å². The fraction of sp³-hybridized carbons (Fsp3) is 0.600. The summed E-state index contributed by atoms with van der Waals surface area (Å²) in [4.78, 5) is 0. The van der Waals surface area contributed by atoms with Crippen LogP contribution in [-0.4, -0.2) is 13.2 Å². The van der Waals surface area contributed by atoms with Crippen molar-refractivity contribution in [2.45, 2.75) is 26.7 Å².